The molecule has 0 aliphatic carbocycles. The zero-order valence-corrected chi connectivity index (χ0v) is 13.3. The smallest absolute Gasteiger partial charge is 0.237 e. The Morgan fingerprint density at radius 1 is 1.43 bits per heavy atom. The number of anilines is 1. The number of pyridine rings is 1. The summed E-state index contributed by atoms with van der Waals surface area (Å²) < 4.78 is 0. The summed E-state index contributed by atoms with van der Waals surface area (Å²) in [5.41, 5.74) is 3.37. The molecule has 7 nitrogen and oxygen atoms in total. The standard InChI is InChI=1S/C15H18N6OS/c16-20-14(22)9-3-6-21(7-4-9)13-12-11(18-8-19-13)10-2-1-5-17-15(10)23-12/h1-2,5,8-9,13H,3-4,6-7,16H2,(H,18,19)(H,20,22). The van der Waals surface area contributed by atoms with Crippen molar-refractivity contribution in [3.05, 3.63) is 23.2 Å². The fourth-order valence-corrected chi connectivity index (χ4v) is 4.49. The fraction of sp³-hybridized carbons (Fsp3) is 0.400. The van der Waals surface area contributed by atoms with Crippen molar-refractivity contribution >= 4 is 39.5 Å². The number of carbonyl (C=O) groups is 1. The second-order valence-corrected chi connectivity index (χ2v) is 6.84. The van der Waals surface area contributed by atoms with E-state index in [9.17, 15) is 4.79 Å². The first-order valence-electron chi connectivity index (χ1n) is 7.68. The van der Waals surface area contributed by atoms with Crippen molar-refractivity contribution in [2.45, 2.75) is 19.0 Å². The van der Waals surface area contributed by atoms with Gasteiger partial charge >= 0.3 is 0 Å². The molecule has 120 valence electrons. The number of thiophene rings is 1. The summed E-state index contributed by atoms with van der Waals surface area (Å²) in [6, 6.07) is 4.04. The van der Waals surface area contributed by atoms with Crippen LogP contribution in [0.4, 0.5) is 5.69 Å². The Labute approximate surface area is 137 Å². The highest BCUT2D eigenvalue weighted by Gasteiger charge is 2.32. The lowest BCUT2D eigenvalue weighted by atomic mass is 9.95. The molecule has 0 spiro atoms. The first-order chi connectivity index (χ1) is 11.3. The number of carbonyl (C=O) groups excluding carboxylic acids is 1. The van der Waals surface area contributed by atoms with Gasteiger partial charge in [0.25, 0.3) is 0 Å². The number of likely N-dealkylation sites (tertiary alicyclic amines) is 1. The number of rotatable bonds is 2. The van der Waals surface area contributed by atoms with E-state index in [1.807, 2.05) is 12.3 Å². The summed E-state index contributed by atoms with van der Waals surface area (Å²) >= 11 is 1.68. The molecular formula is C15H18N6OS. The molecule has 2 aromatic heterocycles. The van der Waals surface area contributed by atoms with E-state index in [0.717, 1.165) is 41.8 Å². The molecule has 4 N–H and O–H groups in total. The van der Waals surface area contributed by atoms with Crippen molar-refractivity contribution in [1.29, 1.82) is 0 Å². The second-order valence-electron chi connectivity index (χ2n) is 5.81. The molecule has 1 saturated heterocycles. The molecule has 8 heteroatoms. The van der Waals surface area contributed by atoms with Crippen LogP contribution < -0.4 is 16.6 Å². The molecule has 4 rings (SSSR count). The monoisotopic (exact) mass is 330 g/mol. The van der Waals surface area contributed by atoms with Crippen LogP contribution in [0.3, 0.4) is 0 Å². The Kier molecular flexibility index (Phi) is 3.72. The highest BCUT2D eigenvalue weighted by molar-refractivity contribution is 7.19. The fourth-order valence-electron chi connectivity index (χ4n) is 3.31. The van der Waals surface area contributed by atoms with Crippen LogP contribution in [0, 0.1) is 5.92 Å². The van der Waals surface area contributed by atoms with Gasteiger partial charge in [-0.15, -0.1) is 11.3 Å². The van der Waals surface area contributed by atoms with Gasteiger partial charge in [-0.1, -0.05) is 0 Å². The number of hydrogen-bond donors (Lipinski definition) is 3. The summed E-state index contributed by atoms with van der Waals surface area (Å²) in [5, 5.41) is 4.40. The molecule has 4 heterocycles. The first kappa shape index (κ1) is 14.6. The van der Waals surface area contributed by atoms with Gasteiger partial charge in [0.05, 0.1) is 16.9 Å². The minimum Gasteiger partial charge on any atom is -0.345 e. The summed E-state index contributed by atoms with van der Waals surface area (Å²) in [6.45, 7) is 1.67. The Morgan fingerprint density at radius 2 is 2.26 bits per heavy atom. The molecule has 1 atom stereocenters. The number of nitrogens with zero attached hydrogens (tertiary/aromatic N) is 3. The van der Waals surface area contributed by atoms with Gasteiger partial charge in [0.1, 0.15) is 11.0 Å². The van der Waals surface area contributed by atoms with Gasteiger partial charge in [0.15, 0.2) is 0 Å². The highest BCUT2D eigenvalue weighted by Crippen LogP contribution is 2.43. The normalized spacial score (nSPS) is 21.9. The number of nitrogens with two attached hydrogens (primary N) is 1. The predicted molar refractivity (Wildman–Crippen MR) is 91.1 cm³/mol. The summed E-state index contributed by atoms with van der Waals surface area (Å²) in [6.07, 6.45) is 5.21. The SMILES string of the molecule is NNC(=O)C1CCN(C2N=CNc3c2sc2ncccc32)CC1. The molecular weight excluding hydrogens is 312 g/mol. The Balaban J connectivity index is 1.58. The minimum absolute atomic E-state index is 0.00508. The average Bonchev–Trinajstić information content (AvgIpc) is 3.00. The highest BCUT2D eigenvalue weighted by atomic mass is 32.1. The van der Waals surface area contributed by atoms with Crippen LogP contribution in [0.5, 0.6) is 0 Å². The molecule has 0 bridgehead atoms. The topological polar surface area (TPSA) is 95.6 Å². The van der Waals surface area contributed by atoms with Gasteiger partial charge in [0.2, 0.25) is 5.91 Å². The lowest BCUT2D eigenvalue weighted by Crippen LogP contribution is -2.43. The van der Waals surface area contributed by atoms with Crippen molar-refractivity contribution in [2.75, 3.05) is 18.4 Å². The number of hydrazine groups is 1. The van der Waals surface area contributed by atoms with Gasteiger partial charge in [-0.3, -0.25) is 20.1 Å². The van der Waals surface area contributed by atoms with Crippen molar-refractivity contribution in [1.82, 2.24) is 15.3 Å². The van der Waals surface area contributed by atoms with Crippen molar-refractivity contribution in [2.24, 2.45) is 16.8 Å². The number of piperidine rings is 1. The number of amides is 1. The lowest BCUT2D eigenvalue weighted by Gasteiger charge is -2.35. The molecule has 1 amide bonds. The Morgan fingerprint density at radius 3 is 3.04 bits per heavy atom. The van der Waals surface area contributed by atoms with E-state index < -0.39 is 0 Å². The van der Waals surface area contributed by atoms with Gasteiger partial charge in [0, 0.05) is 30.6 Å². The van der Waals surface area contributed by atoms with Crippen LogP contribution >= 0.6 is 11.3 Å². The lowest BCUT2D eigenvalue weighted by molar-refractivity contribution is -0.126. The zero-order chi connectivity index (χ0) is 15.8. The maximum absolute atomic E-state index is 11.7. The summed E-state index contributed by atoms with van der Waals surface area (Å²) in [4.78, 5) is 25.3. The summed E-state index contributed by atoms with van der Waals surface area (Å²) in [7, 11) is 0. The zero-order valence-electron chi connectivity index (χ0n) is 12.5. The van der Waals surface area contributed by atoms with Crippen molar-refractivity contribution in [3.8, 4) is 0 Å². The third kappa shape index (κ3) is 2.48. The van der Waals surface area contributed by atoms with Gasteiger partial charge in [-0.05, 0) is 25.0 Å². The van der Waals surface area contributed by atoms with Crippen LogP contribution in [0.15, 0.2) is 23.3 Å². The van der Waals surface area contributed by atoms with E-state index in [1.54, 1.807) is 17.7 Å². The molecule has 0 radical (unpaired) electrons. The number of nitrogens with one attached hydrogen (secondary N) is 2. The van der Waals surface area contributed by atoms with E-state index >= 15 is 0 Å². The Bertz CT molecular complexity index is 764. The van der Waals surface area contributed by atoms with Crippen LogP contribution in [0.2, 0.25) is 0 Å². The second kappa shape index (κ2) is 5.88. The van der Waals surface area contributed by atoms with Crippen LogP contribution in [-0.2, 0) is 4.79 Å². The minimum atomic E-state index is -0.0646. The number of fused-ring (bicyclic) bond motifs is 3. The van der Waals surface area contributed by atoms with E-state index in [4.69, 9.17) is 5.84 Å². The van der Waals surface area contributed by atoms with Gasteiger partial charge in [-0.25, -0.2) is 10.8 Å². The molecule has 1 unspecified atom stereocenters. The van der Waals surface area contributed by atoms with Crippen LogP contribution in [-0.4, -0.2) is 35.2 Å². The first-order valence-corrected chi connectivity index (χ1v) is 8.49. The third-order valence-electron chi connectivity index (χ3n) is 4.54. The van der Waals surface area contributed by atoms with Gasteiger partial charge < -0.3 is 5.32 Å². The predicted octanol–water partition coefficient (Wildman–Crippen LogP) is 1.45. The van der Waals surface area contributed by atoms with E-state index in [-0.39, 0.29) is 18.0 Å². The van der Waals surface area contributed by atoms with Crippen molar-refractivity contribution in [3.63, 3.8) is 0 Å². The third-order valence-corrected chi connectivity index (χ3v) is 5.69. The maximum atomic E-state index is 11.7. The molecule has 0 aromatic carbocycles. The van der Waals surface area contributed by atoms with E-state index in [2.05, 4.69) is 31.7 Å². The van der Waals surface area contributed by atoms with Crippen LogP contribution in [0.25, 0.3) is 10.2 Å². The van der Waals surface area contributed by atoms with E-state index in [1.165, 1.54) is 4.88 Å². The molecule has 2 aromatic rings. The van der Waals surface area contributed by atoms with Crippen molar-refractivity contribution < 1.29 is 4.79 Å². The average molecular weight is 330 g/mol. The number of aliphatic imine (C=N–C) groups is 1. The van der Waals surface area contributed by atoms with E-state index in [0.29, 0.717) is 0 Å². The van der Waals surface area contributed by atoms with Crippen LogP contribution in [0.1, 0.15) is 23.9 Å². The largest absolute Gasteiger partial charge is 0.345 e. The number of aromatic nitrogens is 1. The van der Waals surface area contributed by atoms with Gasteiger partial charge in [-0.2, -0.15) is 0 Å². The molecule has 2 aliphatic heterocycles. The maximum Gasteiger partial charge on any atom is 0.237 e. The number of hydrogen-bond acceptors (Lipinski definition) is 7. The molecule has 23 heavy (non-hydrogen) atoms. The quantitative estimate of drug-likeness (QED) is 0.440. The molecule has 1 fully saturated rings. The molecule has 0 saturated carbocycles. The molecule has 2 aliphatic rings. The Hall–Kier alpha value is -2.03. The summed E-state index contributed by atoms with van der Waals surface area (Å²) in [5.74, 6) is 5.18.